The van der Waals surface area contributed by atoms with Crippen molar-refractivity contribution >= 4 is 23.4 Å². The zero-order valence-electron chi connectivity index (χ0n) is 29.9. The van der Waals surface area contributed by atoms with Gasteiger partial charge in [-0.2, -0.15) is 4.52 Å². The minimum Gasteiger partial charge on any atom is -0.459 e. The smallest absolute Gasteiger partial charge is 0.415 e. The number of benzene rings is 1. The lowest BCUT2D eigenvalue weighted by atomic mass is 9.57. The van der Waals surface area contributed by atoms with Crippen LogP contribution in [0.15, 0.2) is 24.3 Å². The van der Waals surface area contributed by atoms with E-state index in [0.29, 0.717) is 36.7 Å². The van der Waals surface area contributed by atoms with Crippen LogP contribution in [0.4, 0.5) is 10.5 Å². The van der Waals surface area contributed by atoms with Gasteiger partial charge in [0, 0.05) is 30.5 Å². The molecule has 1 aliphatic carbocycles. The Bertz CT molecular complexity index is 1620. The van der Waals surface area contributed by atoms with Gasteiger partial charge in [0.2, 0.25) is 5.88 Å². The van der Waals surface area contributed by atoms with E-state index in [-0.39, 0.29) is 51.5 Å². The normalized spacial score (nSPS) is 24.0. The fourth-order valence-corrected chi connectivity index (χ4v) is 7.59. The van der Waals surface area contributed by atoms with Gasteiger partial charge in [-0.25, -0.2) is 14.4 Å². The number of amides is 1. The summed E-state index contributed by atoms with van der Waals surface area (Å²) in [5.41, 5.74) is 1.94. The SMILES string of the molecule is [C-]#[N+]c1c(C(=O)OC2C(C(C)(C)C)CC(C(C)C)CC2C(C)(C)C)c2[nH]c(-c3ccc(C)cc3)nn2c1OC(=O)N1CCCC(C)C1. The van der Waals surface area contributed by atoms with Gasteiger partial charge in [0.15, 0.2) is 5.82 Å². The van der Waals surface area contributed by atoms with E-state index in [2.05, 4.69) is 72.1 Å². The Morgan fingerprint density at radius 1 is 1.04 bits per heavy atom. The van der Waals surface area contributed by atoms with Crippen LogP contribution in [0.3, 0.4) is 0 Å². The molecule has 2 fully saturated rings. The fraction of sp³-hybridized carbons (Fsp3) is 0.632. The number of esters is 1. The molecule has 9 nitrogen and oxygen atoms in total. The predicted octanol–water partition coefficient (Wildman–Crippen LogP) is 9.34. The van der Waals surface area contributed by atoms with Crippen molar-refractivity contribution in [3.05, 3.63) is 46.8 Å². The number of rotatable bonds is 5. The molecule has 1 N–H and O–H groups in total. The largest absolute Gasteiger partial charge is 0.459 e. The summed E-state index contributed by atoms with van der Waals surface area (Å²) in [6.07, 6.45) is 2.96. The lowest BCUT2D eigenvalue weighted by Crippen LogP contribution is -2.50. The minimum atomic E-state index is -0.599. The van der Waals surface area contributed by atoms with Crippen LogP contribution in [0.2, 0.25) is 0 Å². The topological polar surface area (TPSA) is 93.3 Å². The number of H-pyrrole nitrogens is 1. The summed E-state index contributed by atoms with van der Waals surface area (Å²) in [6.45, 7) is 31.4. The van der Waals surface area contributed by atoms with Crippen molar-refractivity contribution in [3.63, 3.8) is 0 Å². The zero-order valence-corrected chi connectivity index (χ0v) is 29.9. The number of hydrogen-bond acceptors (Lipinski definition) is 5. The van der Waals surface area contributed by atoms with Crippen molar-refractivity contribution in [1.82, 2.24) is 19.5 Å². The molecule has 0 spiro atoms. The van der Waals surface area contributed by atoms with Crippen LogP contribution in [-0.2, 0) is 4.74 Å². The van der Waals surface area contributed by atoms with Crippen molar-refractivity contribution in [2.45, 2.75) is 101 Å². The standard InChI is InChI=1S/C38H53N5O4/c1-22(2)26-19-27(37(5,6)7)31(28(20-26)38(8,9)10)46-35(44)29-30(39-11)34(47-36(45)42-18-12-13-24(4)21-42)43-33(29)40-32(41-43)25-16-14-23(3)15-17-25/h14-17,22,24,26-28,31H,12-13,18-21H2,1-10H3,(H,40,41). The summed E-state index contributed by atoms with van der Waals surface area (Å²) in [7, 11) is 0. The maximum atomic E-state index is 14.5. The molecule has 1 aromatic carbocycles. The molecule has 2 aromatic heterocycles. The molecule has 1 aliphatic heterocycles. The third kappa shape index (κ3) is 7.07. The van der Waals surface area contributed by atoms with Crippen molar-refractivity contribution in [2.24, 2.45) is 40.4 Å². The zero-order chi connectivity index (χ0) is 34.4. The van der Waals surface area contributed by atoms with Crippen LogP contribution >= 0.6 is 0 Å². The van der Waals surface area contributed by atoms with Crippen molar-refractivity contribution in [1.29, 1.82) is 0 Å². The van der Waals surface area contributed by atoms with E-state index in [9.17, 15) is 9.59 Å². The van der Waals surface area contributed by atoms with Crippen LogP contribution < -0.4 is 4.74 Å². The van der Waals surface area contributed by atoms with E-state index in [1.165, 1.54) is 4.52 Å². The molecule has 3 atom stereocenters. The predicted molar refractivity (Wildman–Crippen MR) is 185 cm³/mol. The van der Waals surface area contributed by atoms with Crippen molar-refractivity contribution in [2.75, 3.05) is 13.1 Å². The Balaban J connectivity index is 1.60. The van der Waals surface area contributed by atoms with Gasteiger partial charge in [0.05, 0.1) is 6.57 Å². The van der Waals surface area contributed by atoms with Gasteiger partial charge in [0.1, 0.15) is 17.3 Å². The second-order valence-corrected chi connectivity index (χ2v) is 16.6. The van der Waals surface area contributed by atoms with Crippen LogP contribution in [-0.4, -0.2) is 50.8 Å². The maximum absolute atomic E-state index is 14.5. The Morgan fingerprint density at radius 2 is 1.66 bits per heavy atom. The number of carbonyl (C=O) groups excluding carboxylic acids is 2. The molecule has 2 aliphatic rings. The van der Waals surface area contributed by atoms with E-state index in [0.717, 1.165) is 36.8 Å². The number of likely N-dealkylation sites (tertiary alicyclic amines) is 1. The Kier molecular flexibility index (Phi) is 9.56. The number of ether oxygens (including phenoxy) is 2. The van der Waals surface area contributed by atoms with Crippen molar-refractivity contribution < 1.29 is 19.1 Å². The number of nitrogens with zero attached hydrogens (tertiary/aromatic N) is 4. The van der Waals surface area contributed by atoms with Gasteiger partial charge in [-0.15, -0.1) is 5.10 Å². The van der Waals surface area contributed by atoms with E-state index in [1.807, 2.05) is 31.2 Å². The number of nitrogens with one attached hydrogen (secondary N) is 1. The highest BCUT2D eigenvalue weighted by Crippen LogP contribution is 2.52. The Morgan fingerprint density at radius 3 is 2.19 bits per heavy atom. The molecule has 0 bridgehead atoms. The van der Waals surface area contributed by atoms with E-state index < -0.39 is 12.1 Å². The lowest BCUT2D eigenvalue weighted by molar-refractivity contribution is -0.0993. The summed E-state index contributed by atoms with van der Waals surface area (Å²) in [4.78, 5) is 36.7. The minimum absolute atomic E-state index is 0.0481. The molecule has 0 radical (unpaired) electrons. The van der Waals surface area contributed by atoms with Crippen molar-refractivity contribution in [3.8, 4) is 17.3 Å². The third-order valence-corrected chi connectivity index (χ3v) is 10.6. The monoisotopic (exact) mass is 643 g/mol. The van der Waals surface area contributed by atoms with Gasteiger partial charge in [-0.3, -0.25) is 0 Å². The highest BCUT2D eigenvalue weighted by Gasteiger charge is 2.50. The molecule has 1 saturated carbocycles. The molecule has 47 heavy (non-hydrogen) atoms. The quantitative estimate of drug-likeness (QED) is 0.221. The molecular weight excluding hydrogens is 590 g/mol. The molecule has 1 saturated heterocycles. The first-order valence-corrected chi connectivity index (χ1v) is 17.3. The van der Waals surface area contributed by atoms with Gasteiger partial charge in [-0.05, 0) is 61.2 Å². The van der Waals surface area contributed by atoms with Gasteiger partial charge >= 0.3 is 12.1 Å². The molecule has 254 valence electrons. The summed E-state index contributed by atoms with van der Waals surface area (Å²) >= 11 is 0. The van der Waals surface area contributed by atoms with E-state index in [4.69, 9.17) is 21.1 Å². The summed E-state index contributed by atoms with van der Waals surface area (Å²) < 4.78 is 14.0. The maximum Gasteiger partial charge on any atom is 0.415 e. The first-order chi connectivity index (χ1) is 22.0. The first kappa shape index (κ1) is 34.5. The van der Waals surface area contributed by atoms with E-state index >= 15 is 0 Å². The second kappa shape index (κ2) is 13.0. The Labute approximate surface area is 280 Å². The molecular formula is C38H53N5O4. The molecule has 9 heteroatoms. The number of fused-ring (bicyclic) bond motifs is 1. The first-order valence-electron chi connectivity index (χ1n) is 17.3. The number of aromatic amines is 1. The number of piperidine rings is 1. The fourth-order valence-electron chi connectivity index (χ4n) is 7.59. The van der Waals surface area contributed by atoms with Crippen LogP contribution in [0.5, 0.6) is 5.88 Å². The molecule has 3 aromatic rings. The average Bonchev–Trinajstić information content (AvgIpc) is 3.53. The third-order valence-electron chi connectivity index (χ3n) is 10.6. The lowest BCUT2D eigenvalue weighted by Gasteiger charge is -2.51. The number of aryl methyl sites for hydroxylation is 1. The number of aromatic nitrogens is 3. The summed E-state index contributed by atoms with van der Waals surface area (Å²) in [5, 5.41) is 4.74. The van der Waals surface area contributed by atoms with E-state index in [1.54, 1.807) is 4.90 Å². The molecule has 5 rings (SSSR count). The Hall–Kier alpha value is -3.80. The number of hydrogen-bond donors (Lipinski definition) is 1. The molecule has 1 amide bonds. The molecule has 3 heterocycles. The van der Waals surface area contributed by atoms with Gasteiger partial charge < -0.3 is 19.4 Å². The number of carbonyl (C=O) groups is 2. The highest BCUT2D eigenvalue weighted by atomic mass is 16.6. The molecule has 3 unspecified atom stereocenters. The van der Waals surface area contributed by atoms with Gasteiger partial charge in [0.25, 0.3) is 5.69 Å². The summed E-state index contributed by atoms with van der Waals surface area (Å²) in [6, 6.07) is 7.85. The average molecular weight is 644 g/mol. The van der Waals surface area contributed by atoms with Crippen LogP contribution in [0, 0.1) is 53.9 Å². The van der Waals surface area contributed by atoms with Gasteiger partial charge in [-0.1, -0.05) is 92.1 Å². The summed E-state index contributed by atoms with van der Waals surface area (Å²) in [5.74, 6) is 1.46. The highest BCUT2D eigenvalue weighted by molar-refractivity contribution is 6.05. The van der Waals surface area contributed by atoms with Crippen LogP contribution in [0.1, 0.15) is 104 Å². The second-order valence-electron chi connectivity index (χ2n) is 16.6. The van der Waals surface area contributed by atoms with Crippen LogP contribution in [0.25, 0.3) is 21.9 Å².